The second kappa shape index (κ2) is 4.12. The number of carbonyl (C=O) groups is 1. The molecule has 0 radical (unpaired) electrons. The lowest BCUT2D eigenvalue weighted by Gasteiger charge is -2.22. The molecule has 2 fully saturated rings. The van der Waals surface area contributed by atoms with Gasteiger partial charge in [-0.25, -0.2) is 0 Å². The highest BCUT2D eigenvalue weighted by atomic mass is 16.2. The van der Waals surface area contributed by atoms with Gasteiger partial charge in [-0.2, -0.15) is 0 Å². The molecule has 1 saturated carbocycles. The van der Waals surface area contributed by atoms with Gasteiger partial charge < -0.3 is 9.80 Å². The summed E-state index contributed by atoms with van der Waals surface area (Å²) in [7, 11) is 1.97. The lowest BCUT2D eigenvalue weighted by molar-refractivity contribution is -0.134. The molecule has 2 aliphatic rings. The van der Waals surface area contributed by atoms with E-state index in [1.165, 1.54) is 12.8 Å². The highest BCUT2D eigenvalue weighted by molar-refractivity contribution is 5.79. The first-order chi connectivity index (χ1) is 7.09. The standard InChI is InChI=1S/C12H22N2O/c1-9(2)14-7-6-10(8-14)12(15)13(3)11-4-5-11/h9-11H,4-8H2,1-3H3. The third-order valence-corrected chi connectivity index (χ3v) is 3.74. The number of hydrogen-bond acceptors (Lipinski definition) is 2. The van der Waals surface area contributed by atoms with Crippen LogP contribution in [-0.4, -0.2) is 47.9 Å². The molecule has 3 heteroatoms. The summed E-state index contributed by atoms with van der Waals surface area (Å²) >= 11 is 0. The van der Waals surface area contributed by atoms with Gasteiger partial charge in [-0.1, -0.05) is 0 Å². The summed E-state index contributed by atoms with van der Waals surface area (Å²) < 4.78 is 0. The first kappa shape index (κ1) is 10.9. The monoisotopic (exact) mass is 210 g/mol. The van der Waals surface area contributed by atoms with Crippen molar-refractivity contribution < 1.29 is 4.79 Å². The van der Waals surface area contributed by atoms with Gasteiger partial charge in [0.2, 0.25) is 5.91 Å². The van der Waals surface area contributed by atoms with Gasteiger partial charge in [-0.05, 0) is 39.7 Å². The normalized spacial score (nSPS) is 27.3. The van der Waals surface area contributed by atoms with E-state index in [1.54, 1.807) is 0 Å². The van der Waals surface area contributed by atoms with Crippen molar-refractivity contribution in [2.24, 2.45) is 5.92 Å². The summed E-state index contributed by atoms with van der Waals surface area (Å²) in [5, 5.41) is 0. The Labute approximate surface area is 92.4 Å². The zero-order valence-corrected chi connectivity index (χ0v) is 10.1. The minimum Gasteiger partial charge on any atom is -0.342 e. The van der Waals surface area contributed by atoms with E-state index in [0.717, 1.165) is 19.5 Å². The Morgan fingerprint density at radius 1 is 1.33 bits per heavy atom. The Balaban J connectivity index is 1.86. The molecule has 15 heavy (non-hydrogen) atoms. The van der Waals surface area contributed by atoms with Crippen LogP contribution < -0.4 is 0 Å². The molecule has 0 aromatic carbocycles. The zero-order valence-electron chi connectivity index (χ0n) is 10.1. The Morgan fingerprint density at radius 2 is 2.00 bits per heavy atom. The van der Waals surface area contributed by atoms with Gasteiger partial charge in [0, 0.05) is 25.7 Å². The van der Waals surface area contributed by atoms with E-state index in [2.05, 4.69) is 18.7 Å². The van der Waals surface area contributed by atoms with Crippen molar-refractivity contribution in [1.29, 1.82) is 0 Å². The van der Waals surface area contributed by atoms with Crippen LogP contribution in [0.4, 0.5) is 0 Å². The average molecular weight is 210 g/mol. The fourth-order valence-corrected chi connectivity index (χ4v) is 2.39. The summed E-state index contributed by atoms with van der Waals surface area (Å²) in [5.41, 5.74) is 0. The van der Waals surface area contributed by atoms with E-state index in [9.17, 15) is 4.79 Å². The lowest BCUT2D eigenvalue weighted by atomic mass is 10.1. The molecule has 1 aliphatic carbocycles. The quantitative estimate of drug-likeness (QED) is 0.702. The number of hydrogen-bond donors (Lipinski definition) is 0. The zero-order chi connectivity index (χ0) is 11.0. The van der Waals surface area contributed by atoms with Crippen LogP contribution in [0, 0.1) is 5.92 Å². The van der Waals surface area contributed by atoms with Gasteiger partial charge in [0.05, 0.1) is 5.92 Å². The fourth-order valence-electron chi connectivity index (χ4n) is 2.39. The summed E-state index contributed by atoms with van der Waals surface area (Å²) in [6, 6.07) is 1.14. The number of rotatable bonds is 3. The Kier molecular flexibility index (Phi) is 3.01. The van der Waals surface area contributed by atoms with E-state index in [-0.39, 0.29) is 5.92 Å². The summed E-state index contributed by atoms with van der Waals surface area (Å²) in [6.45, 7) is 6.47. The predicted octanol–water partition coefficient (Wildman–Crippen LogP) is 1.34. The van der Waals surface area contributed by atoms with Crippen molar-refractivity contribution in [3.63, 3.8) is 0 Å². The lowest BCUT2D eigenvalue weighted by Crippen LogP contribution is -2.37. The van der Waals surface area contributed by atoms with Crippen LogP contribution in [-0.2, 0) is 4.79 Å². The molecule has 0 N–H and O–H groups in total. The number of nitrogens with zero attached hydrogens (tertiary/aromatic N) is 2. The molecule has 86 valence electrons. The summed E-state index contributed by atoms with van der Waals surface area (Å²) in [5.74, 6) is 0.638. The molecule has 1 heterocycles. The Bertz CT molecular complexity index is 248. The molecule has 2 rings (SSSR count). The number of likely N-dealkylation sites (tertiary alicyclic amines) is 1. The molecule has 0 spiro atoms. The first-order valence-corrected chi connectivity index (χ1v) is 6.10. The second-order valence-corrected chi connectivity index (χ2v) is 5.25. The minimum atomic E-state index is 0.262. The van der Waals surface area contributed by atoms with E-state index < -0.39 is 0 Å². The van der Waals surface area contributed by atoms with E-state index in [0.29, 0.717) is 18.0 Å². The summed E-state index contributed by atoms with van der Waals surface area (Å²) in [6.07, 6.45) is 3.47. The van der Waals surface area contributed by atoms with Crippen LogP contribution in [0.2, 0.25) is 0 Å². The maximum Gasteiger partial charge on any atom is 0.227 e. The van der Waals surface area contributed by atoms with Crippen molar-refractivity contribution in [1.82, 2.24) is 9.80 Å². The minimum absolute atomic E-state index is 0.262. The van der Waals surface area contributed by atoms with Crippen molar-refractivity contribution >= 4 is 5.91 Å². The van der Waals surface area contributed by atoms with Gasteiger partial charge in [0.15, 0.2) is 0 Å². The molecule has 1 aliphatic heterocycles. The van der Waals surface area contributed by atoms with Crippen LogP contribution in [0.25, 0.3) is 0 Å². The molecular formula is C12H22N2O. The maximum absolute atomic E-state index is 12.1. The summed E-state index contributed by atoms with van der Waals surface area (Å²) in [4.78, 5) is 16.5. The van der Waals surface area contributed by atoms with Crippen LogP contribution in [0.3, 0.4) is 0 Å². The number of amides is 1. The van der Waals surface area contributed by atoms with Crippen LogP contribution in [0.15, 0.2) is 0 Å². The Morgan fingerprint density at radius 3 is 2.47 bits per heavy atom. The molecular weight excluding hydrogens is 188 g/mol. The van der Waals surface area contributed by atoms with Crippen LogP contribution in [0.1, 0.15) is 33.1 Å². The topological polar surface area (TPSA) is 23.6 Å². The Hall–Kier alpha value is -0.570. The van der Waals surface area contributed by atoms with Crippen LogP contribution in [0.5, 0.6) is 0 Å². The second-order valence-electron chi connectivity index (χ2n) is 5.25. The van der Waals surface area contributed by atoms with Gasteiger partial charge in [-0.15, -0.1) is 0 Å². The fraction of sp³-hybridized carbons (Fsp3) is 0.917. The number of carbonyl (C=O) groups excluding carboxylic acids is 1. The van der Waals surface area contributed by atoms with E-state index in [1.807, 2.05) is 11.9 Å². The largest absolute Gasteiger partial charge is 0.342 e. The van der Waals surface area contributed by atoms with Crippen molar-refractivity contribution in [3.8, 4) is 0 Å². The van der Waals surface area contributed by atoms with Crippen LogP contribution >= 0.6 is 0 Å². The van der Waals surface area contributed by atoms with Gasteiger partial charge in [0.25, 0.3) is 0 Å². The van der Waals surface area contributed by atoms with E-state index >= 15 is 0 Å². The highest BCUT2D eigenvalue weighted by Crippen LogP contribution is 2.29. The SMILES string of the molecule is CC(C)N1CCC(C(=O)N(C)C2CC2)C1. The molecule has 3 nitrogen and oxygen atoms in total. The molecule has 1 saturated heterocycles. The third kappa shape index (κ3) is 2.33. The van der Waals surface area contributed by atoms with Gasteiger partial charge >= 0.3 is 0 Å². The third-order valence-electron chi connectivity index (χ3n) is 3.74. The van der Waals surface area contributed by atoms with Crippen molar-refractivity contribution in [3.05, 3.63) is 0 Å². The molecule has 0 bridgehead atoms. The van der Waals surface area contributed by atoms with Crippen molar-refractivity contribution in [2.45, 2.75) is 45.2 Å². The van der Waals surface area contributed by atoms with Gasteiger partial charge in [-0.3, -0.25) is 4.79 Å². The average Bonchev–Trinajstić information content (AvgIpc) is 2.93. The van der Waals surface area contributed by atoms with Gasteiger partial charge in [0.1, 0.15) is 0 Å². The molecule has 0 aromatic rings. The highest BCUT2D eigenvalue weighted by Gasteiger charge is 2.36. The van der Waals surface area contributed by atoms with Crippen molar-refractivity contribution in [2.75, 3.05) is 20.1 Å². The first-order valence-electron chi connectivity index (χ1n) is 6.10. The maximum atomic E-state index is 12.1. The molecule has 1 amide bonds. The molecule has 1 unspecified atom stereocenters. The molecule has 0 aromatic heterocycles. The smallest absolute Gasteiger partial charge is 0.227 e. The molecule has 1 atom stereocenters. The van der Waals surface area contributed by atoms with E-state index in [4.69, 9.17) is 0 Å². The predicted molar refractivity (Wildman–Crippen MR) is 60.6 cm³/mol.